The number of aromatic nitrogens is 2. The summed E-state index contributed by atoms with van der Waals surface area (Å²) in [6.07, 6.45) is 1.90. The van der Waals surface area contributed by atoms with Gasteiger partial charge in [-0.15, -0.1) is 0 Å². The Kier molecular flexibility index (Phi) is 6.98. The van der Waals surface area contributed by atoms with E-state index in [-0.39, 0.29) is 12.5 Å². The number of thioether (sulfide) groups is 1. The molecule has 1 aromatic rings. The van der Waals surface area contributed by atoms with Gasteiger partial charge in [0, 0.05) is 26.8 Å². The standard InChI is InChI=1S/C11H19N5O2S/c1-12-8-6-9(16-11(15-8)19-3)14-7-10(17)13-4-5-18-2/h6H,4-5,7H2,1-3H3,(H,13,17)(H2,12,14,15,16). The minimum absolute atomic E-state index is 0.104. The molecule has 7 nitrogen and oxygen atoms in total. The maximum Gasteiger partial charge on any atom is 0.239 e. The van der Waals surface area contributed by atoms with Gasteiger partial charge in [0.05, 0.1) is 13.2 Å². The van der Waals surface area contributed by atoms with Crippen LogP contribution < -0.4 is 16.0 Å². The lowest BCUT2D eigenvalue weighted by atomic mass is 10.5. The number of rotatable bonds is 8. The second-order valence-electron chi connectivity index (χ2n) is 3.57. The van der Waals surface area contributed by atoms with Crippen molar-refractivity contribution in [1.82, 2.24) is 15.3 Å². The van der Waals surface area contributed by atoms with Gasteiger partial charge in [-0.3, -0.25) is 4.79 Å². The van der Waals surface area contributed by atoms with Crippen molar-refractivity contribution in [2.24, 2.45) is 0 Å². The molecule has 19 heavy (non-hydrogen) atoms. The maximum absolute atomic E-state index is 11.5. The Labute approximate surface area is 116 Å². The van der Waals surface area contributed by atoms with Crippen LogP contribution >= 0.6 is 11.8 Å². The number of nitrogens with one attached hydrogen (secondary N) is 3. The molecule has 3 N–H and O–H groups in total. The van der Waals surface area contributed by atoms with Crippen LogP contribution in [-0.4, -0.2) is 56.0 Å². The molecule has 0 atom stereocenters. The third-order valence-corrected chi connectivity index (χ3v) is 2.75. The zero-order valence-corrected chi connectivity index (χ0v) is 12.1. The molecule has 1 heterocycles. The first-order valence-corrected chi connectivity index (χ1v) is 7.02. The van der Waals surface area contributed by atoms with Crippen molar-refractivity contribution in [3.05, 3.63) is 6.07 Å². The number of anilines is 2. The van der Waals surface area contributed by atoms with Crippen molar-refractivity contribution in [3.8, 4) is 0 Å². The van der Waals surface area contributed by atoms with Crippen LogP contribution in [0.5, 0.6) is 0 Å². The number of ether oxygens (including phenoxy) is 1. The Morgan fingerprint density at radius 1 is 1.42 bits per heavy atom. The molecule has 0 aromatic carbocycles. The minimum atomic E-state index is -0.104. The van der Waals surface area contributed by atoms with Crippen molar-refractivity contribution in [2.45, 2.75) is 5.16 Å². The Morgan fingerprint density at radius 3 is 2.79 bits per heavy atom. The van der Waals surface area contributed by atoms with Gasteiger partial charge in [0.25, 0.3) is 0 Å². The quantitative estimate of drug-likeness (QED) is 0.362. The van der Waals surface area contributed by atoms with E-state index >= 15 is 0 Å². The Balaban J connectivity index is 2.50. The van der Waals surface area contributed by atoms with Crippen LogP contribution in [0.4, 0.5) is 11.6 Å². The van der Waals surface area contributed by atoms with Crippen LogP contribution in [-0.2, 0) is 9.53 Å². The van der Waals surface area contributed by atoms with Crippen LogP contribution in [0.2, 0.25) is 0 Å². The monoisotopic (exact) mass is 285 g/mol. The molecular formula is C11H19N5O2S. The highest BCUT2D eigenvalue weighted by molar-refractivity contribution is 7.98. The van der Waals surface area contributed by atoms with Gasteiger partial charge in [0.1, 0.15) is 11.6 Å². The van der Waals surface area contributed by atoms with Crippen LogP contribution in [0.1, 0.15) is 0 Å². The third-order valence-electron chi connectivity index (χ3n) is 2.20. The molecule has 0 aliphatic carbocycles. The van der Waals surface area contributed by atoms with Crippen molar-refractivity contribution < 1.29 is 9.53 Å². The van der Waals surface area contributed by atoms with Crippen LogP contribution in [0.25, 0.3) is 0 Å². The Morgan fingerprint density at radius 2 is 2.16 bits per heavy atom. The van der Waals surface area contributed by atoms with E-state index < -0.39 is 0 Å². The predicted octanol–water partition coefficient (Wildman–Crippen LogP) is 0.415. The van der Waals surface area contributed by atoms with E-state index in [0.717, 1.165) is 0 Å². The van der Waals surface area contributed by atoms with Crippen LogP contribution in [0.3, 0.4) is 0 Å². The lowest BCUT2D eigenvalue weighted by Crippen LogP contribution is -2.32. The molecule has 0 saturated heterocycles. The van der Waals surface area contributed by atoms with Crippen LogP contribution in [0.15, 0.2) is 11.2 Å². The average molecular weight is 285 g/mol. The highest BCUT2D eigenvalue weighted by atomic mass is 32.2. The number of hydrogen-bond donors (Lipinski definition) is 3. The average Bonchev–Trinajstić information content (AvgIpc) is 2.45. The SMILES string of the molecule is CNc1cc(NCC(=O)NCCOC)nc(SC)n1. The molecule has 106 valence electrons. The summed E-state index contributed by atoms with van der Waals surface area (Å²) < 4.78 is 4.85. The molecule has 0 radical (unpaired) electrons. The highest BCUT2D eigenvalue weighted by Crippen LogP contribution is 2.16. The number of carbonyl (C=O) groups is 1. The van der Waals surface area contributed by atoms with Crippen molar-refractivity contribution >= 4 is 29.3 Å². The summed E-state index contributed by atoms with van der Waals surface area (Å²) in [4.78, 5) is 20.0. The number of carbonyl (C=O) groups excluding carboxylic acids is 1. The number of amides is 1. The lowest BCUT2D eigenvalue weighted by molar-refractivity contribution is -0.119. The summed E-state index contributed by atoms with van der Waals surface area (Å²) in [5.41, 5.74) is 0. The molecule has 0 spiro atoms. The van der Waals surface area contributed by atoms with Gasteiger partial charge in [-0.2, -0.15) is 0 Å². The molecule has 1 amide bonds. The fourth-order valence-corrected chi connectivity index (χ4v) is 1.64. The molecule has 8 heteroatoms. The smallest absolute Gasteiger partial charge is 0.239 e. The number of hydrogen-bond acceptors (Lipinski definition) is 7. The first-order valence-electron chi connectivity index (χ1n) is 5.80. The molecule has 0 fully saturated rings. The van der Waals surface area contributed by atoms with E-state index in [4.69, 9.17) is 4.74 Å². The molecule has 1 rings (SSSR count). The molecule has 0 bridgehead atoms. The number of nitrogens with zero attached hydrogens (tertiary/aromatic N) is 2. The minimum Gasteiger partial charge on any atom is -0.383 e. The molecular weight excluding hydrogens is 266 g/mol. The topological polar surface area (TPSA) is 88.2 Å². The predicted molar refractivity (Wildman–Crippen MR) is 76.7 cm³/mol. The van der Waals surface area contributed by atoms with Gasteiger partial charge in [-0.1, -0.05) is 11.8 Å². The van der Waals surface area contributed by atoms with Crippen molar-refractivity contribution in [1.29, 1.82) is 0 Å². The van der Waals surface area contributed by atoms with Crippen LogP contribution in [0, 0.1) is 0 Å². The summed E-state index contributed by atoms with van der Waals surface area (Å²) in [5.74, 6) is 1.22. The first-order chi connectivity index (χ1) is 9.19. The first kappa shape index (κ1) is 15.5. The van der Waals surface area contributed by atoms with E-state index in [9.17, 15) is 4.79 Å². The molecule has 0 unspecified atom stereocenters. The molecule has 0 saturated carbocycles. The lowest BCUT2D eigenvalue weighted by Gasteiger charge is -2.09. The van der Waals surface area contributed by atoms with E-state index in [1.807, 2.05) is 6.26 Å². The van der Waals surface area contributed by atoms with Gasteiger partial charge in [0.15, 0.2) is 5.16 Å². The fourth-order valence-electron chi connectivity index (χ4n) is 1.26. The third kappa shape index (κ3) is 5.75. The summed E-state index contributed by atoms with van der Waals surface area (Å²) in [6.45, 7) is 1.16. The van der Waals surface area contributed by atoms with Crippen molar-refractivity contribution in [3.63, 3.8) is 0 Å². The second-order valence-corrected chi connectivity index (χ2v) is 4.34. The van der Waals surface area contributed by atoms with Gasteiger partial charge in [-0.25, -0.2) is 9.97 Å². The molecule has 0 aliphatic heterocycles. The summed E-state index contributed by atoms with van der Waals surface area (Å²) >= 11 is 1.44. The van der Waals surface area contributed by atoms with Gasteiger partial charge in [0.2, 0.25) is 5.91 Å². The van der Waals surface area contributed by atoms with E-state index in [2.05, 4.69) is 25.9 Å². The normalized spacial score (nSPS) is 10.1. The molecule has 0 aliphatic rings. The zero-order valence-electron chi connectivity index (χ0n) is 11.3. The van der Waals surface area contributed by atoms with Gasteiger partial charge < -0.3 is 20.7 Å². The van der Waals surface area contributed by atoms with E-state index in [1.54, 1.807) is 20.2 Å². The van der Waals surface area contributed by atoms with Gasteiger partial charge >= 0.3 is 0 Å². The van der Waals surface area contributed by atoms with Gasteiger partial charge in [-0.05, 0) is 6.26 Å². The number of methoxy groups -OCH3 is 1. The second kappa shape index (κ2) is 8.54. The summed E-state index contributed by atoms with van der Waals surface area (Å²) in [7, 11) is 3.38. The van der Waals surface area contributed by atoms with E-state index in [1.165, 1.54) is 11.8 Å². The van der Waals surface area contributed by atoms with E-state index in [0.29, 0.717) is 29.9 Å². The van der Waals surface area contributed by atoms with Crippen molar-refractivity contribution in [2.75, 3.05) is 50.7 Å². The Hall–Kier alpha value is -1.54. The maximum atomic E-state index is 11.5. The summed E-state index contributed by atoms with van der Waals surface area (Å²) in [6, 6.07) is 1.75. The largest absolute Gasteiger partial charge is 0.383 e. The zero-order chi connectivity index (χ0) is 14.1. The summed E-state index contributed by atoms with van der Waals surface area (Å²) in [5, 5.41) is 9.28. The molecule has 1 aromatic heterocycles. The fraction of sp³-hybridized carbons (Fsp3) is 0.545. The highest BCUT2D eigenvalue weighted by Gasteiger charge is 2.05. The Bertz CT molecular complexity index is 394.